The van der Waals surface area contributed by atoms with E-state index in [1.807, 2.05) is 6.07 Å². The second-order valence-corrected chi connectivity index (χ2v) is 8.93. The van der Waals surface area contributed by atoms with E-state index in [1.165, 1.54) is 7.11 Å². The number of rotatable bonds is 12. The van der Waals surface area contributed by atoms with Gasteiger partial charge in [-0.15, -0.1) is 10.2 Å². The van der Waals surface area contributed by atoms with Crippen molar-refractivity contribution in [3.63, 3.8) is 0 Å². The van der Waals surface area contributed by atoms with Gasteiger partial charge in [-0.3, -0.25) is 4.79 Å². The maximum atomic E-state index is 12.5. The maximum Gasteiger partial charge on any atom is 0.251 e. The number of aromatic nitrogens is 2. The quantitative estimate of drug-likeness (QED) is 0.475. The number of methoxy groups -OCH3 is 2. The topological polar surface area (TPSA) is 133 Å². The molecule has 0 saturated heterocycles. The minimum absolute atomic E-state index is 0.0912. The van der Waals surface area contributed by atoms with Crippen molar-refractivity contribution in [1.29, 1.82) is 0 Å². The normalized spacial score (nSPS) is 15.0. The lowest BCUT2D eigenvalue weighted by molar-refractivity contribution is -0.121. The van der Waals surface area contributed by atoms with Gasteiger partial charge in [0.2, 0.25) is 21.8 Å². The number of para-hydroxylation sites is 1. The Bertz CT molecular complexity index is 957. The van der Waals surface area contributed by atoms with Crippen molar-refractivity contribution in [3.8, 4) is 17.2 Å². The summed E-state index contributed by atoms with van der Waals surface area (Å²) in [4.78, 5) is 12.0. The fourth-order valence-electron chi connectivity index (χ4n) is 2.87. The average molecular weight is 439 g/mol. The van der Waals surface area contributed by atoms with Crippen LogP contribution in [0.4, 0.5) is 0 Å². The van der Waals surface area contributed by atoms with E-state index >= 15 is 0 Å². The summed E-state index contributed by atoms with van der Waals surface area (Å²) in [7, 11) is -0.448. The molecule has 1 aliphatic rings. The number of benzene rings is 1. The Balaban J connectivity index is 1.76. The molecule has 1 saturated carbocycles. The van der Waals surface area contributed by atoms with Gasteiger partial charge in [0.15, 0.2) is 0 Å². The van der Waals surface area contributed by atoms with Crippen LogP contribution in [0.3, 0.4) is 0 Å². The monoisotopic (exact) mass is 438 g/mol. The van der Waals surface area contributed by atoms with Crippen molar-refractivity contribution in [2.24, 2.45) is 0 Å². The smallest absolute Gasteiger partial charge is 0.251 e. The molecule has 2 aromatic rings. The SMILES string of the molecule is COCCNC(=O)CC[C@H](NS(=O)(=O)C1CC1)c1nnc(-c2ccccc2OC)o1. The summed E-state index contributed by atoms with van der Waals surface area (Å²) in [5, 5.41) is 10.4. The predicted molar refractivity (Wildman–Crippen MR) is 108 cm³/mol. The number of amides is 1. The second kappa shape index (κ2) is 10.0. The van der Waals surface area contributed by atoms with E-state index in [-0.39, 0.29) is 30.5 Å². The lowest BCUT2D eigenvalue weighted by atomic mass is 10.1. The molecule has 0 spiro atoms. The molecule has 30 heavy (non-hydrogen) atoms. The molecule has 3 rings (SSSR count). The van der Waals surface area contributed by atoms with Crippen LogP contribution in [0.1, 0.15) is 37.6 Å². The lowest BCUT2D eigenvalue weighted by Crippen LogP contribution is -2.33. The first-order valence-electron chi connectivity index (χ1n) is 9.68. The molecule has 11 heteroatoms. The molecule has 0 radical (unpaired) electrons. The zero-order chi connectivity index (χ0) is 21.6. The summed E-state index contributed by atoms with van der Waals surface area (Å²) in [5.41, 5.74) is 0.597. The van der Waals surface area contributed by atoms with E-state index in [0.717, 1.165) is 0 Å². The van der Waals surface area contributed by atoms with Crippen LogP contribution in [0.2, 0.25) is 0 Å². The number of carbonyl (C=O) groups excluding carboxylic acids is 1. The lowest BCUT2D eigenvalue weighted by Gasteiger charge is -2.15. The number of nitrogens with one attached hydrogen (secondary N) is 2. The Morgan fingerprint density at radius 2 is 2.03 bits per heavy atom. The van der Waals surface area contributed by atoms with Gasteiger partial charge in [0.25, 0.3) is 5.89 Å². The molecule has 1 amide bonds. The molecule has 164 valence electrons. The summed E-state index contributed by atoms with van der Waals surface area (Å²) >= 11 is 0. The Labute approximate surface area is 175 Å². The van der Waals surface area contributed by atoms with Crippen LogP contribution < -0.4 is 14.8 Å². The first-order chi connectivity index (χ1) is 14.4. The molecule has 1 aromatic carbocycles. The van der Waals surface area contributed by atoms with Crippen LogP contribution in [0.5, 0.6) is 5.75 Å². The van der Waals surface area contributed by atoms with Crippen molar-refractivity contribution in [2.75, 3.05) is 27.4 Å². The minimum atomic E-state index is -3.53. The van der Waals surface area contributed by atoms with E-state index in [2.05, 4.69) is 20.2 Å². The van der Waals surface area contributed by atoms with Crippen molar-refractivity contribution in [3.05, 3.63) is 30.2 Å². The summed E-state index contributed by atoms with van der Waals surface area (Å²) in [6.07, 6.45) is 1.51. The van der Waals surface area contributed by atoms with Gasteiger partial charge in [0.05, 0.1) is 24.5 Å². The van der Waals surface area contributed by atoms with Crippen LogP contribution in [0, 0.1) is 0 Å². The minimum Gasteiger partial charge on any atom is -0.496 e. The molecule has 1 fully saturated rings. The second-order valence-electron chi connectivity index (χ2n) is 6.94. The summed E-state index contributed by atoms with van der Waals surface area (Å²) in [6, 6.07) is 6.34. The highest BCUT2D eigenvalue weighted by Gasteiger charge is 2.38. The largest absolute Gasteiger partial charge is 0.496 e. The standard InChI is InChI=1S/C19H26N4O6S/c1-27-12-11-20-17(24)10-9-15(23-30(25,26)13-7-8-13)19-22-21-18(29-19)14-5-3-4-6-16(14)28-2/h3-6,13,15,23H,7-12H2,1-2H3,(H,20,24)/t15-/m0/s1. The van der Waals surface area contributed by atoms with E-state index in [4.69, 9.17) is 13.9 Å². The molecule has 1 aliphatic carbocycles. The highest BCUT2D eigenvalue weighted by atomic mass is 32.2. The zero-order valence-electron chi connectivity index (χ0n) is 17.0. The van der Waals surface area contributed by atoms with Gasteiger partial charge in [-0.1, -0.05) is 12.1 Å². The fraction of sp³-hybridized carbons (Fsp3) is 0.526. The summed E-state index contributed by atoms with van der Waals surface area (Å²) < 4.78 is 43.6. The number of hydrogen-bond acceptors (Lipinski definition) is 8. The third-order valence-electron chi connectivity index (χ3n) is 4.63. The molecule has 1 aromatic heterocycles. The third kappa shape index (κ3) is 5.77. The molecule has 0 unspecified atom stereocenters. The molecule has 2 N–H and O–H groups in total. The maximum absolute atomic E-state index is 12.5. The fourth-order valence-corrected chi connectivity index (χ4v) is 4.43. The van der Waals surface area contributed by atoms with Gasteiger partial charge >= 0.3 is 0 Å². The van der Waals surface area contributed by atoms with Crippen LogP contribution >= 0.6 is 0 Å². The van der Waals surface area contributed by atoms with Crippen LogP contribution in [-0.4, -0.2) is 57.1 Å². The average Bonchev–Trinajstić information content (AvgIpc) is 3.50. The Hall–Kier alpha value is -2.50. The Kier molecular flexibility index (Phi) is 7.40. The molecule has 0 bridgehead atoms. The van der Waals surface area contributed by atoms with E-state index in [0.29, 0.717) is 37.3 Å². The number of nitrogens with zero attached hydrogens (tertiary/aromatic N) is 2. The Morgan fingerprint density at radius 1 is 1.27 bits per heavy atom. The van der Waals surface area contributed by atoms with Gasteiger partial charge in [0.1, 0.15) is 11.8 Å². The molecule has 10 nitrogen and oxygen atoms in total. The number of sulfonamides is 1. The highest BCUT2D eigenvalue weighted by molar-refractivity contribution is 7.90. The molecule has 1 heterocycles. The summed E-state index contributed by atoms with van der Waals surface area (Å²) in [6.45, 7) is 0.779. The van der Waals surface area contributed by atoms with Gasteiger partial charge in [-0.05, 0) is 31.4 Å². The van der Waals surface area contributed by atoms with Gasteiger partial charge in [-0.2, -0.15) is 0 Å². The number of ether oxygens (including phenoxy) is 2. The van der Waals surface area contributed by atoms with Gasteiger partial charge in [-0.25, -0.2) is 13.1 Å². The molecule has 1 atom stereocenters. The van der Waals surface area contributed by atoms with Crippen LogP contribution in [-0.2, 0) is 19.6 Å². The van der Waals surface area contributed by atoms with Gasteiger partial charge < -0.3 is 19.2 Å². The van der Waals surface area contributed by atoms with Crippen molar-refractivity contribution >= 4 is 15.9 Å². The van der Waals surface area contributed by atoms with Crippen LogP contribution in [0.25, 0.3) is 11.5 Å². The zero-order valence-corrected chi connectivity index (χ0v) is 17.8. The Morgan fingerprint density at radius 3 is 2.73 bits per heavy atom. The van der Waals surface area contributed by atoms with E-state index in [1.54, 1.807) is 25.3 Å². The van der Waals surface area contributed by atoms with Crippen molar-refractivity contribution in [2.45, 2.75) is 37.0 Å². The van der Waals surface area contributed by atoms with Crippen LogP contribution in [0.15, 0.2) is 28.7 Å². The van der Waals surface area contributed by atoms with Crippen molar-refractivity contribution in [1.82, 2.24) is 20.2 Å². The number of hydrogen-bond donors (Lipinski definition) is 2. The van der Waals surface area contributed by atoms with Crippen molar-refractivity contribution < 1.29 is 27.1 Å². The van der Waals surface area contributed by atoms with E-state index in [9.17, 15) is 13.2 Å². The molecule has 0 aliphatic heterocycles. The molecular formula is C19H26N4O6S. The first kappa shape index (κ1) is 22.2. The third-order valence-corrected chi connectivity index (χ3v) is 6.60. The first-order valence-corrected chi connectivity index (χ1v) is 11.2. The van der Waals surface area contributed by atoms with E-state index < -0.39 is 21.3 Å². The predicted octanol–water partition coefficient (Wildman–Crippen LogP) is 1.41. The molecular weight excluding hydrogens is 412 g/mol. The summed E-state index contributed by atoms with van der Waals surface area (Å²) in [5.74, 6) is 0.653. The number of carbonyl (C=O) groups is 1. The van der Waals surface area contributed by atoms with Gasteiger partial charge in [0, 0.05) is 20.1 Å². The highest BCUT2D eigenvalue weighted by Crippen LogP contribution is 2.32.